The first-order valence-electron chi connectivity index (χ1n) is 6.18. The SMILES string of the molecule is O=C1CSC2=C(SC1)SC(=C1SC3=C(SCC(=O)CS3)S1)S2. The van der Waals surface area contributed by atoms with Gasteiger partial charge in [-0.1, -0.05) is 47.0 Å². The number of Topliss-reactive ketones (excluding diaryl/α,β-unsaturated/α-hetero) is 2. The minimum atomic E-state index is 0.329. The Labute approximate surface area is 162 Å². The lowest BCUT2D eigenvalue weighted by atomic mass is 10.5. The quantitative estimate of drug-likeness (QED) is 0.486. The fourth-order valence-electron chi connectivity index (χ4n) is 1.73. The lowest BCUT2D eigenvalue weighted by Gasteiger charge is -2.04. The molecule has 2 nitrogen and oxygen atoms in total. The summed E-state index contributed by atoms with van der Waals surface area (Å²) in [7, 11) is 0. The van der Waals surface area contributed by atoms with Crippen molar-refractivity contribution in [1.82, 2.24) is 0 Å². The van der Waals surface area contributed by atoms with Crippen molar-refractivity contribution in [3.63, 3.8) is 0 Å². The van der Waals surface area contributed by atoms with Crippen LogP contribution in [0.5, 0.6) is 0 Å². The lowest BCUT2D eigenvalue weighted by Crippen LogP contribution is -2.02. The Hall–Kier alpha value is 1.36. The van der Waals surface area contributed by atoms with E-state index >= 15 is 0 Å². The summed E-state index contributed by atoms with van der Waals surface area (Å²) >= 11 is 14.0. The second kappa shape index (κ2) is 7.31. The van der Waals surface area contributed by atoms with Crippen LogP contribution in [0.1, 0.15) is 0 Å². The van der Waals surface area contributed by atoms with E-state index in [-0.39, 0.29) is 0 Å². The van der Waals surface area contributed by atoms with E-state index in [4.69, 9.17) is 0 Å². The predicted octanol–water partition coefficient (Wildman–Crippen LogP) is 5.42. The monoisotopic (exact) mass is 440 g/mol. The Bertz CT molecular complexity index is 558. The van der Waals surface area contributed by atoms with Crippen molar-refractivity contribution in [3.8, 4) is 0 Å². The molecule has 10 heteroatoms. The highest BCUT2D eigenvalue weighted by atomic mass is 32.3. The number of hydrogen-bond acceptors (Lipinski definition) is 10. The Morgan fingerprint density at radius 2 is 0.727 bits per heavy atom. The summed E-state index contributed by atoms with van der Waals surface area (Å²) in [6.07, 6.45) is 0. The zero-order valence-electron chi connectivity index (χ0n) is 10.9. The first-order chi connectivity index (χ1) is 10.7. The number of carbonyl (C=O) groups excluding carboxylic acids is 2. The fraction of sp³-hybridized carbons (Fsp3) is 0.333. The number of thioether (sulfide) groups is 8. The van der Waals surface area contributed by atoms with Crippen LogP contribution < -0.4 is 0 Å². The Balaban J connectivity index is 1.48. The van der Waals surface area contributed by atoms with Gasteiger partial charge in [0.25, 0.3) is 0 Å². The van der Waals surface area contributed by atoms with Gasteiger partial charge in [-0.25, -0.2) is 0 Å². The van der Waals surface area contributed by atoms with E-state index < -0.39 is 0 Å². The van der Waals surface area contributed by atoms with E-state index in [2.05, 4.69) is 0 Å². The minimum absolute atomic E-state index is 0.329. The molecule has 0 saturated heterocycles. The molecule has 0 unspecified atom stereocenters. The molecular formula is C12H8O2S8. The summed E-state index contributed by atoms with van der Waals surface area (Å²) in [6, 6.07) is 0. The van der Waals surface area contributed by atoms with Crippen molar-refractivity contribution in [2.24, 2.45) is 0 Å². The van der Waals surface area contributed by atoms with Crippen LogP contribution in [0.15, 0.2) is 25.4 Å². The minimum Gasteiger partial charge on any atom is -0.298 e. The molecule has 4 rings (SSSR count). The predicted molar refractivity (Wildman–Crippen MR) is 111 cm³/mol. The van der Waals surface area contributed by atoms with Gasteiger partial charge in [-0.05, 0) is 0 Å². The van der Waals surface area contributed by atoms with E-state index in [1.54, 1.807) is 47.0 Å². The molecule has 116 valence electrons. The Kier molecular flexibility index (Phi) is 5.58. The van der Waals surface area contributed by atoms with E-state index in [1.165, 1.54) is 25.4 Å². The molecule has 0 aromatic carbocycles. The van der Waals surface area contributed by atoms with Crippen LogP contribution in [-0.2, 0) is 9.59 Å². The van der Waals surface area contributed by atoms with Crippen LogP contribution in [-0.4, -0.2) is 34.6 Å². The average molecular weight is 441 g/mol. The molecule has 0 spiro atoms. The zero-order valence-corrected chi connectivity index (χ0v) is 17.4. The van der Waals surface area contributed by atoms with Crippen molar-refractivity contribution in [1.29, 1.82) is 0 Å². The maximum Gasteiger partial charge on any atom is 0.153 e. The highest BCUT2D eigenvalue weighted by molar-refractivity contribution is 8.45. The van der Waals surface area contributed by atoms with Crippen molar-refractivity contribution >= 4 is 106 Å². The first-order valence-corrected chi connectivity index (χ1v) is 13.4. The summed E-state index contributed by atoms with van der Waals surface area (Å²) in [4.78, 5) is 23.1. The van der Waals surface area contributed by atoms with Gasteiger partial charge >= 0.3 is 0 Å². The number of rotatable bonds is 0. The fourth-order valence-corrected chi connectivity index (χ4v) is 13.4. The Morgan fingerprint density at radius 1 is 0.455 bits per heavy atom. The van der Waals surface area contributed by atoms with Gasteiger partial charge in [0, 0.05) is 0 Å². The molecule has 22 heavy (non-hydrogen) atoms. The molecule has 4 aliphatic heterocycles. The van der Waals surface area contributed by atoms with Gasteiger partial charge in [0.1, 0.15) is 0 Å². The molecule has 4 aliphatic rings. The maximum absolute atomic E-state index is 11.5. The largest absolute Gasteiger partial charge is 0.298 e. The van der Waals surface area contributed by atoms with Gasteiger partial charge in [-0.2, -0.15) is 0 Å². The van der Waals surface area contributed by atoms with E-state index in [1.807, 2.05) is 47.0 Å². The van der Waals surface area contributed by atoms with E-state index in [0.29, 0.717) is 34.6 Å². The van der Waals surface area contributed by atoms with Gasteiger partial charge in [-0.15, -0.1) is 47.0 Å². The van der Waals surface area contributed by atoms with Crippen LogP contribution in [0.4, 0.5) is 0 Å². The van der Waals surface area contributed by atoms with E-state index in [9.17, 15) is 9.59 Å². The highest BCUT2D eigenvalue weighted by Crippen LogP contribution is 2.66. The van der Waals surface area contributed by atoms with Gasteiger partial charge in [-0.3, -0.25) is 9.59 Å². The molecule has 0 radical (unpaired) electrons. The van der Waals surface area contributed by atoms with Gasteiger partial charge < -0.3 is 0 Å². The van der Waals surface area contributed by atoms with Crippen molar-refractivity contribution in [2.45, 2.75) is 0 Å². The smallest absolute Gasteiger partial charge is 0.153 e. The maximum atomic E-state index is 11.5. The standard InChI is InChI=1S/C12H8O2S8/c13-5-1-15-7-8(16-2-5)20-11(19-7)12-21-9-10(22-12)18-4-6(14)3-17-9/h1-4H2. The molecule has 0 amide bonds. The zero-order chi connectivity index (χ0) is 15.1. The number of ketones is 2. The van der Waals surface area contributed by atoms with Gasteiger partial charge in [0.05, 0.1) is 48.4 Å². The molecule has 0 aliphatic carbocycles. The molecule has 0 fully saturated rings. The van der Waals surface area contributed by atoms with Crippen LogP contribution in [0.3, 0.4) is 0 Å². The summed E-state index contributed by atoms with van der Waals surface area (Å²) in [5.74, 6) is 3.07. The topological polar surface area (TPSA) is 34.1 Å². The third-order valence-corrected chi connectivity index (χ3v) is 14.5. The second-order valence-electron chi connectivity index (χ2n) is 4.37. The van der Waals surface area contributed by atoms with Gasteiger partial charge in [0.15, 0.2) is 11.6 Å². The number of carbonyl (C=O) groups is 2. The van der Waals surface area contributed by atoms with Crippen molar-refractivity contribution in [2.75, 3.05) is 23.0 Å². The van der Waals surface area contributed by atoms with E-state index in [0.717, 1.165) is 0 Å². The van der Waals surface area contributed by atoms with Crippen molar-refractivity contribution < 1.29 is 9.59 Å². The molecule has 0 aromatic rings. The molecule has 0 bridgehead atoms. The molecule has 0 atom stereocenters. The molecular weight excluding hydrogens is 433 g/mol. The molecule has 4 heterocycles. The van der Waals surface area contributed by atoms with Crippen LogP contribution in [0.25, 0.3) is 0 Å². The van der Waals surface area contributed by atoms with Crippen LogP contribution in [0, 0.1) is 0 Å². The van der Waals surface area contributed by atoms with Crippen LogP contribution in [0.2, 0.25) is 0 Å². The summed E-state index contributed by atoms with van der Waals surface area (Å²) in [5, 5.41) is 0. The van der Waals surface area contributed by atoms with Crippen LogP contribution >= 0.6 is 94.1 Å². The lowest BCUT2D eigenvalue weighted by molar-refractivity contribution is -0.115. The summed E-state index contributed by atoms with van der Waals surface area (Å²) < 4.78 is 7.86. The molecule has 0 N–H and O–H groups in total. The molecule has 0 saturated carbocycles. The third-order valence-electron chi connectivity index (χ3n) is 2.70. The Morgan fingerprint density at radius 3 is 1.00 bits per heavy atom. The molecule has 0 aromatic heterocycles. The average Bonchev–Trinajstić information content (AvgIpc) is 3.01. The summed E-state index contributed by atoms with van der Waals surface area (Å²) in [5.41, 5.74) is 0. The normalized spacial score (nSPS) is 26.4. The third kappa shape index (κ3) is 3.63. The van der Waals surface area contributed by atoms with Crippen molar-refractivity contribution in [3.05, 3.63) is 25.4 Å². The number of hydrogen-bond donors (Lipinski definition) is 0. The first kappa shape index (κ1) is 16.8. The van der Waals surface area contributed by atoms with Gasteiger partial charge in [0.2, 0.25) is 0 Å². The highest BCUT2D eigenvalue weighted by Gasteiger charge is 2.33. The summed E-state index contributed by atoms with van der Waals surface area (Å²) in [6.45, 7) is 0. The second-order valence-corrected chi connectivity index (χ2v) is 13.9.